The van der Waals surface area contributed by atoms with Crippen LogP contribution in [0.5, 0.6) is 5.75 Å². The maximum Gasteiger partial charge on any atom is 0.223 e. The highest BCUT2D eigenvalue weighted by atomic mass is 16.7. The lowest BCUT2D eigenvalue weighted by Gasteiger charge is -2.41. The highest BCUT2D eigenvalue weighted by Crippen LogP contribution is 2.34. The summed E-state index contributed by atoms with van der Waals surface area (Å²) in [4.78, 5) is 0. The van der Waals surface area contributed by atoms with Gasteiger partial charge < -0.3 is 14.8 Å². The van der Waals surface area contributed by atoms with Gasteiger partial charge in [0, 0.05) is 12.0 Å². The Morgan fingerprint density at radius 2 is 2.20 bits per heavy atom. The topological polar surface area (TPSA) is 30.5 Å². The van der Waals surface area contributed by atoms with Crippen LogP contribution < -0.4 is 10.1 Å². The lowest BCUT2D eigenvalue weighted by Crippen LogP contribution is -2.53. The van der Waals surface area contributed by atoms with Crippen molar-refractivity contribution in [3.05, 3.63) is 29.8 Å². The second-order valence-electron chi connectivity index (χ2n) is 4.19. The Labute approximate surface area is 89.4 Å². The Kier molecular flexibility index (Phi) is 2.15. The molecule has 1 N–H and O–H groups in total. The Hall–Kier alpha value is -1.06. The molecule has 1 aromatic rings. The fourth-order valence-electron chi connectivity index (χ4n) is 2.22. The van der Waals surface area contributed by atoms with Crippen LogP contribution in [0.1, 0.15) is 18.4 Å². The highest BCUT2D eigenvalue weighted by Gasteiger charge is 2.38. The number of rotatable bonds is 0. The van der Waals surface area contributed by atoms with E-state index in [1.54, 1.807) is 0 Å². The molecule has 1 unspecified atom stereocenters. The van der Waals surface area contributed by atoms with Crippen LogP contribution in [0.3, 0.4) is 0 Å². The van der Waals surface area contributed by atoms with Crippen LogP contribution in [0, 0.1) is 0 Å². The average Bonchev–Trinajstić information content (AvgIpc) is 2.30. The van der Waals surface area contributed by atoms with Gasteiger partial charge in [-0.1, -0.05) is 18.2 Å². The minimum absolute atomic E-state index is 0.410. The van der Waals surface area contributed by atoms with Gasteiger partial charge in [-0.3, -0.25) is 0 Å². The molecular formula is C12H15NO2. The normalized spacial score (nSPS) is 29.6. The number of fused-ring (bicyclic) bond motifs is 1. The van der Waals surface area contributed by atoms with Crippen LogP contribution in [-0.2, 0) is 11.3 Å². The predicted molar refractivity (Wildman–Crippen MR) is 56.7 cm³/mol. The summed E-state index contributed by atoms with van der Waals surface area (Å²) >= 11 is 0. The molecule has 0 bridgehead atoms. The van der Waals surface area contributed by atoms with Gasteiger partial charge in [0.15, 0.2) is 0 Å². The van der Waals surface area contributed by atoms with E-state index >= 15 is 0 Å². The Morgan fingerprint density at radius 3 is 3.07 bits per heavy atom. The first-order valence-corrected chi connectivity index (χ1v) is 5.50. The molecule has 80 valence electrons. The number of ether oxygens (including phenoxy) is 2. The van der Waals surface area contributed by atoms with Crippen LogP contribution in [0.2, 0.25) is 0 Å². The molecular weight excluding hydrogens is 190 g/mol. The van der Waals surface area contributed by atoms with E-state index in [2.05, 4.69) is 11.4 Å². The molecule has 1 spiro atoms. The Balaban J connectivity index is 1.87. The first-order chi connectivity index (χ1) is 7.38. The molecule has 0 amide bonds. The monoisotopic (exact) mass is 205 g/mol. The van der Waals surface area contributed by atoms with Gasteiger partial charge in [-0.2, -0.15) is 0 Å². The van der Waals surface area contributed by atoms with Crippen molar-refractivity contribution in [2.24, 2.45) is 0 Å². The van der Waals surface area contributed by atoms with E-state index in [0.717, 1.165) is 37.2 Å². The number of nitrogens with one attached hydrogen (secondary N) is 1. The van der Waals surface area contributed by atoms with Crippen molar-refractivity contribution in [2.45, 2.75) is 25.2 Å². The van der Waals surface area contributed by atoms with Crippen molar-refractivity contribution >= 4 is 0 Å². The summed E-state index contributed by atoms with van der Waals surface area (Å²) in [7, 11) is 0. The summed E-state index contributed by atoms with van der Waals surface area (Å²) in [5.74, 6) is 0.569. The lowest BCUT2D eigenvalue weighted by atomic mass is 10.0. The van der Waals surface area contributed by atoms with Crippen molar-refractivity contribution in [2.75, 3.05) is 13.1 Å². The van der Waals surface area contributed by atoms with Crippen molar-refractivity contribution in [3.8, 4) is 5.75 Å². The minimum atomic E-state index is -0.410. The standard InChI is InChI=1S/C12H15NO2/c1-2-5-11-10(4-1)8-14-12(15-11)6-3-7-13-9-12/h1-2,4-5,13H,3,6-9H2. The first-order valence-electron chi connectivity index (χ1n) is 5.50. The fourth-order valence-corrected chi connectivity index (χ4v) is 2.22. The van der Waals surface area contributed by atoms with Gasteiger partial charge in [0.25, 0.3) is 0 Å². The zero-order chi connectivity index (χ0) is 10.1. The molecule has 2 aliphatic rings. The molecule has 3 nitrogen and oxygen atoms in total. The summed E-state index contributed by atoms with van der Waals surface area (Å²) in [6.07, 6.45) is 2.09. The minimum Gasteiger partial charge on any atom is -0.461 e. The van der Waals surface area contributed by atoms with Gasteiger partial charge in [0.1, 0.15) is 5.75 Å². The van der Waals surface area contributed by atoms with Crippen LogP contribution in [0.4, 0.5) is 0 Å². The van der Waals surface area contributed by atoms with Gasteiger partial charge in [-0.15, -0.1) is 0 Å². The Bertz CT molecular complexity index is 358. The van der Waals surface area contributed by atoms with Crippen LogP contribution in [-0.4, -0.2) is 18.9 Å². The number of hydrogen-bond donors (Lipinski definition) is 1. The molecule has 0 aliphatic carbocycles. The fraction of sp³-hybridized carbons (Fsp3) is 0.500. The molecule has 0 aromatic heterocycles. The number of benzene rings is 1. The number of hydrogen-bond acceptors (Lipinski definition) is 3. The maximum atomic E-state index is 5.98. The SMILES string of the molecule is c1ccc2c(c1)COC1(CCCNC1)O2. The molecule has 15 heavy (non-hydrogen) atoms. The quantitative estimate of drug-likeness (QED) is 0.699. The average molecular weight is 205 g/mol. The van der Waals surface area contributed by atoms with Gasteiger partial charge in [0.05, 0.1) is 13.2 Å². The molecule has 3 heteroatoms. The van der Waals surface area contributed by atoms with Gasteiger partial charge in [0.2, 0.25) is 5.79 Å². The molecule has 0 saturated carbocycles. The van der Waals surface area contributed by atoms with E-state index in [1.165, 1.54) is 0 Å². The van der Waals surface area contributed by atoms with E-state index in [1.807, 2.05) is 18.2 Å². The van der Waals surface area contributed by atoms with Crippen molar-refractivity contribution in [1.29, 1.82) is 0 Å². The van der Waals surface area contributed by atoms with Crippen LogP contribution in [0.15, 0.2) is 24.3 Å². The van der Waals surface area contributed by atoms with Crippen molar-refractivity contribution < 1.29 is 9.47 Å². The summed E-state index contributed by atoms with van der Waals surface area (Å²) in [5, 5.41) is 3.33. The van der Waals surface area contributed by atoms with Crippen molar-refractivity contribution in [1.82, 2.24) is 5.32 Å². The first kappa shape index (κ1) is 9.19. The van der Waals surface area contributed by atoms with Gasteiger partial charge >= 0.3 is 0 Å². The highest BCUT2D eigenvalue weighted by molar-refractivity contribution is 5.34. The van der Waals surface area contributed by atoms with E-state index in [0.29, 0.717) is 6.61 Å². The molecule has 1 saturated heterocycles. The largest absolute Gasteiger partial charge is 0.461 e. The molecule has 2 aliphatic heterocycles. The third kappa shape index (κ3) is 1.62. The van der Waals surface area contributed by atoms with E-state index in [4.69, 9.17) is 9.47 Å². The molecule has 2 heterocycles. The molecule has 1 fully saturated rings. The molecule has 1 aromatic carbocycles. The van der Waals surface area contributed by atoms with Crippen molar-refractivity contribution in [3.63, 3.8) is 0 Å². The lowest BCUT2D eigenvalue weighted by molar-refractivity contribution is -0.213. The Morgan fingerprint density at radius 1 is 1.27 bits per heavy atom. The van der Waals surface area contributed by atoms with E-state index < -0.39 is 5.79 Å². The molecule has 1 atom stereocenters. The smallest absolute Gasteiger partial charge is 0.223 e. The third-order valence-corrected chi connectivity index (χ3v) is 3.06. The molecule has 0 radical (unpaired) electrons. The van der Waals surface area contributed by atoms with E-state index in [-0.39, 0.29) is 0 Å². The zero-order valence-electron chi connectivity index (χ0n) is 8.66. The number of piperidine rings is 1. The summed E-state index contributed by atoms with van der Waals surface area (Å²) in [6, 6.07) is 8.10. The summed E-state index contributed by atoms with van der Waals surface area (Å²) in [5.41, 5.74) is 1.15. The third-order valence-electron chi connectivity index (χ3n) is 3.06. The predicted octanol–water partition coefficient (Wildman–Crippen LogP) is 1.68. The zero-order valence-corrected chi connectivity index (χ0v) is 8.66. The second-order valence-corrected chi connectivity index (χ2v) is 4.19. The van der Waals surface area contributed by atoms with Gasteiger partial charge in [-0.25, -0.2) is 0 Å². The molecule has 3 rings (SSSR count). The number of para-hydroxylation sites is 1. The van der Waals surface area contributed by atoms with Crippen LogP contribution >= 0.6 is 0 Å². The summed E-state index contributed by atoms with van der Waals surface area (Å²) in [6.45, 7) is 2.52. The second kappa shape index (κ2) is 3.51. The van der Waals surface area contributed by atoms with Gasteiger partial charge in [-0.05, 0) is 19.0 Å². The van der Waals surface area contributed by atoms with Crippen LogP contribution in [0.25, 0.3) is 0 Å². The summed E-state index contributed by atoms with van der Waals surface area (Å²) < 4.78 is 11.8. The van der Waals surface area contributed by atoms with E-state index in [9.17, 15) is 0 Å². The maximum absolute atomic E-state index is 5.98.